The summed E-state index contributed by atoms with van der Waals surface area (Å²) in [4.78, 5) is 11.0. The monoisotopic (exact) mass is 346 g/mol. The van der Waals surface area contributed by atoms with Gasteiger partial charge in [-0.05, 0) is 25.5 Å². The van der Waals surface area contributed by atoms with Gasteiger partial charge >= 0.3 is 0 Å². The number of nitrogens with zero attached hydrogens (tertiary/aromatic N) is 4. The minimum absolute atomic E-state index is 0.345. The van der Waals surface area contributed by atoms with Gasteiger partial charge < -0.3 is 4.90 Å². The zero-order valence-corrected chi connectivity index (χ0v) is 15.0. The number of hydrogen-bond acceptors (Lipinski definition) is 5. The molecule has 128 valence electrons. The van der Waals surface area contributed by atoms with Gasteiger partial charge in [0.05, 0.1) is 10.6 Å². The molecule has 1 aromatic heterocycles. The van der Waals surface area contributed by atoms with Crippen LogP contribution in [0.5, 0.6) is 0 Å². The van der Waals surface area contributed by atoms with E-state index in [1.165, 1.54) is 0 Å². The number of aromatic nitrogens is 2. The van der Waals surface area contributed by atoms with Crippen LogP contribution in [0.3, 0.4) is 0 Å². The van der Waals surface area contributed by atoms with Crippen molar-refractivity contribution in [3.8, 4) is 0 Å². The molecule has 0 spiro atoms. The Kier molecular flexibility index (Phi) is 4.56. The summed E-state index contributed by atoms with van der Waals surface area (Å²) in [5.41, 5.74) is 3.03. The second-order valence-corrected chi connectivity index (χ2v) is 8.17. The highest BCUT2D eigenvalue weighted by Crippen LogP contribution is 2.25. The Labute approximate surface area is 143 Å². The van der Waals surface area contributed by atoms with Gasteiger partial charge in [-0.2, -0.15) is 4.31 Å². The topological polar surface area (TPSA) is 66.4 Å². The van der Waals surface area contributed by atoms with E-state index in [2.05, 4.69) is 9.97 Å². The van der Waals surface area contributed by atoms with E-state index >= 15 is 0 Å². The number of aryl methyl sites for hydroxylation is 1. The molecule has 0 radical (unpaired) electrons. The van der Waals surface area contributed by atoms with E-state index in [4.69, 9.17) is 0 Å². The van der Waals surface area contributed by atoms with Crippen LogP contribution in [-0.2, 0) is 22.9 Å². The van der Waals surface area contributed by atoms with Gasteiger partial charge in [0, 0.05) is 39.2 Å². The lowest BCUT2D eigenvalue weighted by Crippen LogP contribution is -2.33. The van der Waals surface area contributed by atoms with Crippen LogP contribution >= 0.6 is 0 Å². The van der Waals surface area contributed by atoms with Crippen molar-refractivity contribution in [1.82, 2.24) is 14.3 Å². The zero-order valence-electron chi connectivity index (χ0n) is 14.2. The van der Waals surface area contributed by atoms with E-state index in [0.29, 0.717) is 30.8 Å². The molecule has 0 N–H and O–H groups in total. The average molecular weight is 346 g/mol. The molecular formula is C17H22N4O2S. The van der Waals surface area contributed by atoms with Crippen molar-refractivity contribution in [1.29, 1.82) is 0 Å². The van der Waals surface area contributed by atoms with Crippen LogP contribution in [0, 0.1) is 6.92 Å². The zero-order chi connectivity index (χ0) is 17.3. The van der Waals surface area contributed by atoms with Gasteiger partial charge in [0.1, 0.15) is 12.1 Å². The number of anilines is 1. The second-order valence-electron chi connectivity index (χ2n) is 6.23. The van der Waals surface area contributed by atoms with Crippen LogP contribution in [0.4, 0.5) is 5.82 Å². The second kappa shape index (κ2) is 6.49. The summed E-state index contributed by atoms with van der Waals surface area (Å²) < 4.78 is 27.4. The van der Waals surface area contributed by atoms with Gasteiger partial charge in [-0.25, -0.2) is 18.4 Å². The number of hydrogen-bond donors (Lipinski definition) is 0. The molecule has 0 amide bonds. The van der Waals surface area contributed by atoms with E-state index < -0.39 is 10.0 Å². The molecule has 24 heavy (non-hydrogen) atoms. The van der Waals surface area contributed by atoms with Crippen LogP contribution in [0.25, 0.3) is 0 Å². The molecule has 0 saturated heterocycles. The van der Waals surface area contributed by atoms with Gasteiger partial charge in [0.15, 0.2) is 0 Å². The van der Waals surface area contributed by atoms with Gasteiger partial charge in [-0.15, -0.1) is 0 Å². The molecule has 2 heterocycles. The van der Waals surface area contributed by atoms with Crippen molar-refractivity contribution in [2.75, 3.05) is 32.1 Å². The predicted octanol–water partition coefficient (Wildman–Crippen LogP) is 1.64. The molecule has 0 saturated carbocycles. The van der Waals surface area contributed by atoms with Gasteiger partial charge in [0.25, 0.3) is 0 Å². The SMILES string of the molecule is Cc1ccc(S(=O)(=O)N2CCc3ncnc(N(C)C)c3CC2)cc1. The molecule has 0 aliphatic carbocycles. The Hall–Kier alpha value is -1.99. The van der Waals surface area contributed by atoms with Crippen LogP contribution < -0.4 is 4.90 Å². The first kappa shape index (κ1) is 16.9. The Bertz CT molecular complexity index is 832. The summed E-state index contributed by atoms with van der Waals surface area (Å²) in [7, 11) is 0.396. The summed E-state index contributed by atoms with van der Waals surface area (Å²) >= 11 is 0. The summed E-state index contributed by atoms with van der Waals surface area (Å²) in [5.74, 6) is 0.870. The molecule has 1 aromatic carbocycles. The number of rotatable bonds is 3. The minimum atomic E-state index is -3.48. The van der Waals surface area contributed by atoms with Crippen molar-refractivity contribution in [3.05, 3.63) is 47.4 Å². The Morgan fingerprint density at radius 1 is 1.04 bits per heavy atom. The fourth-order valence-electron chi connectivity index (χ4n) is 2.97. The highest BCUT2D eigenvalue weighted by Gasteiger charge is 2.28. The van der Waals surface area contributed by atoms with Crippen molar-refractivity contribution in [2.45, 2.75) is 24.7 Å². The van der Waals surface area contributed by atoms with Crippen molar-refractivity contribution in [3.63, 3.8) is 0 Å². The maximum atomic E-state index is 12.9. The predicted molar refractivity (Wildman–Crippen MR) is 93.7 cm³/mol. The molecule has 0 bridgehead atoms. The molecule has 0 fully saturated rings. The summed E-state index contributed by atoms with van der Waals surface area (Å²) in [5, 5.41) is 0. The van der Waals surface area contributed by atoms with Crippen LogP contribution in [0.2, 0.25) is 0 Å². The molecular weight excluding hydrogens is 324 g/mol. The van der Waals surface area contributed by atoms with E-state index in [9.17, 15) is 8.42 Å². The van der Waals surface area contributed by atoms with Crippen molar-refractivity contribution in [2.24, 2.45) is 0 Å². The fourth-order valence-corrected chi connectivity index (χ4v) is 4.42. The van der Waals surface area contributed by atoms with Gasteiger partial charge in [0.2, 0.25) is 10.0 Å². The summed E-state index contributed by atoms with van der Waals surface area (Å²) in [6, 6.07) is 7.01. The third-order valence-electron chi connectivity index (χ3n) is 4.30. The van der Waals surface area contributed by atoms with Crippen LogP contribution in [0.15, 0.2) is 35.5 Å². The first-order valence-corrected chi connectivity index (χ1v) is 9.40. The highest BCUT2D eigenvalue weighted by atomic mass is 32.2. The number of sulfonamides is 1. The molecule has 1 aliphatic rings. The maximum absolute atomic E-state index is 12.9. The minimum Gasteiger partial charge on any atom is -0.362 e. The Morgan fingerprint density at radius 2 is 1.71 bits per heavy atom. The lowest BCUT2D eigenvalue weighted by atomic mass is 10.1. The van der Waals surface area contributed by atoms with Crippen molar-refractivity contribution >= 4 is 15.8 Å². The number of fused-ring (bicyclic) bond motifs is 1. The van der Waals surface area contributed by atoms with E-state index in [-0.39, 0.29) is 0 Å². The summed E-state index contributed by atoms with van der Waals surface area (Å²) in [6.45, 7) is 2.82. The first-order chi connectivity index (χ1) is 11.4. The smallest absolute Gasteiger partial charge is 0.243 e. The quantitative estimate of drug-likeness (QED) is 0.845. The maximum Gasteiger partial charge on any atom is 0.243 e. The lowest BCUT2D eigenvalue weighted by molar-refractivity contribution is 0.426. The normalized spacial score (nSPS) is 15.6. The third kappa shape index (κ3) is 3.14. The molecule has 1 aliphatic heterocycles. The van der Waals surface area contributed by atoms with Crippen LogP contribution in [0.1, 0.15) is 16.8 Å². The van der Waals surface area contributed by atoms with E-state index in [1.54, 1.807) is 22.8 Å². The Balaban J connectivity index is 1.89. The average Bonchev–Trinajstić information content (AvgIpc) is 2.77. The third-order valence-corrected chi connectivity index (χ3v) is 6.22. The first-order valence-electron chi connectivity index (χ1n) is 7.96. The summed E-state index contributed by atoms with van der Waals surface area (Å²) in [6.07, 6.45) is 2.77. The van der Waals surface area contributed by atoms with E-state index in [1.807, 2.05) is 38.1 Å². The standard InChI is InChI=1S/C17H22N4O2S/c1-13-4-6-14(7-5-13)24(22,23)21-10-8-15-16(9-11-21)18-12-19-17(15)20(2)3/h4-7,12H,8-11H2,1-3H3. The molecule has 0 atom stereocenters. The van der Waals surface area contributed by atoms with Gasteiger partial charge in [-0.3, -0.25) is 0 Å². The highest BCUT2D eigenvalue weighted by molar-refractivity contribution is 7.89. The van der Waals surface area contributed by atoms with Crippen molar-refractivity contribution < 1.29 is 8.42 Å². The van der Waals surface area contributed by atoms with Crippen LogP contribution in [-0.4, -0.2) is 49.9 Å². The number of benzene rings is 1. The molecule has 6 nitrogen and oxygen atoms in total. The Morgan fingerprint density at radius 3 is 2.38 bits per heavy atom. The van der Waals surface area contributed by atoms with Gasteiger partial charge in [-0.1, -0.05) is 17.7 Å². The van der Waals surface area contributed by atoms with E-state index in [0.717, 1.165) is 22.6 Å². The molecule has 7 heteroatoms. The molecule has 2 aromatic rings. The molecule has 0 unspecified atom stereocenters. The fraction of sp³-hybridized carbons (Fsp3) is 0.412. The molecule has 3 rings (SSSR count). The lowest BCUT2D eigenvalue weighted by Gasteiger charge is -2.20. The largest absolute Gasteiger partial charge is 0.362 e.